The minimum Gasteiger partial charge on any atom is -0.363 e. The number of morpholine rings is 1. The molecular weight excluding hydrogens is 348 g/mol. The molecule has 0 N–H and O–H groups in total. The molecule has 6 heteroatoms. The first-order valence-corrected chi connectivity index (χ1v) is 9.73. The predicted octanol–water partition coefficient (Wildman–Crippen LogP) is 3.09. The van der Waals surface area contributed by atoms with Gasteiger partial charge in [0.25, 0.3) is 11.8 Å². The monoisotopic (exact) mass is 370 g/mol. The minimum absolute atomic E-state index is 0.00519. The van der Waals surface area contributed by atoms with E-state index >= 15 is 0 Å². The molecule has 0 radical (unpaired) electrons. The summed E-state index contributed by atoms with van der Waals surface area (Å²) in [6.07, 6.45) is 1.50. The number of benzene rings is 1. The van der Waals surface area contributed by atoms with E-state index in [0.29, 0.717) is 19.6 Å². The normalized spacial score (nSPS) is 19.8. The molecule has 0 atom stereocenters. The van der Waals surface area contributed by atoms with E-state index in [0.717, 1.165) is 28.3 Å². The van der Waals surface area contributed by atoms with Crippen LogP contribution in [0.25, 0.3) is 0 Å². The van der Waals surface area contributed by atoms with Gasteiger partial charge in [0.05, 0.1) is 17.0 Å². The fourth-order valence-corrected chi connectivity index (χ4v) is 4.52. The van der Waals surface area contributed by atoms with Crippen LogP contribution < -0.4 is 4.90 Å². The summed E-state index contributed by atoms with van der Waals surface area (Å²) in [7, 11) is 0. The summed E-state index contributed by atoms with van der Waals surface area (Å²) in [6, 6.07) is 13.6. The summed E-state index contributed by atoms with van der Waals surface area (Å²) in [5.74, 6) is 0.0964. The number of aryl methyl sites for hydroxylation is 1. The molecule has 1 spiro atoms. The van der Waals surface area contributed by atoms with Crippen molar-refractivity contribution in [3.8, 4) is 0 Å². The lowest BCUT2D eigenvalue weighted by Crippen LogP contribution is -2.59. The number of hydrogen-bond acceptors (Lipinski definition) is 4. The van der Waals surface area contributed by atoms with Crippen molar-refractivity contribution in [1.29, 1.82) is 0 Å². The number of rotatable bonds is 2. The van der Waals surface area contributed by atoms with Crippen LogP contribution in [0.3, 0.4) is 0 Å². The van der Waals surface area contributed by atoms with Crippen LogP contribution in [0.4, 0.5) is 5.69 Å². The molecule has 2 amide bonds. The average Bonchev–Trinajstić information content (AvgIpc) is 3.11. The van der Waals surface area contributed by atoms with Gasteiger partial charge >= 0.3 is 0 Å². The quantitative estimate of drug-likeness (QED) is 0.816. The van der Waals surface area contributed by atoms with Crippen molar-refractivity contribution in [3.63, 3.8) is 0 Å². The van der Waals surface area contributed by atoms with Gasteiger partial charge in [-0.15, -0.1) is 11.3 Å². The first-order chi connectivity index (χ1) is 12.6. The van der Waals surface area contributed by atoms with Gasteiger partial charge in [-0.2, -0.15) is 0 Å². The number of carbonyl (C=O) groups is 2. The molecule has 1 aromatic carbocycles. The van der Waals surface area contributed by atoms with Gasteiger partial charge in [-0.1, -0.05) is 18.2 Å². The molecule has 2 fully saturated rings. The molecule has 0 aliphatic carbocycles. The van der Waals surface area contributed by atoms with E-state index in [1.54, 1.807) is 0 Å². The third kappa shape index (κ3) is 3.27. The molecule has 5 nitrogen and oxygen atoms in total. The number of hydrogen-bond donors (Lipinski definition) is 0. The second kappa shape index (κ2) is 6.85. The van der Waals surface area contributed by atoms with E-state index in [1.165, 1.54) is 11.3 Å². The fourth-order valence-electron chi connectivity index (χ4n) is 3.68. The van der Waals surface area contributed by atoms with Crippen LogP contribution in [0.1, 0.15) is 27.4 Å². The Bertz CT molecular complexity index is 809. The van der Waals surface area contributed by atoms with Crippen LogP contribution in [0.2, 0.25) is 0 Å². The highest BCUT2D eigenvalue weighted by atomic mass is 32.1. The molecule has 0 bridgehead atoms. The van der Waals surface area contributed by atoms with Crippen molar-refractivity contribution in [3.05, 3.63) is 52.2 Å². The van der Waals surface area contributed by atoms with Crippen LogP contribution in [0, 0.1) is 6.92 Å². The number of anilines is 1. The van der Waals surface area contributed by atoms with Crippen molar-refractivity contribution in [2.45, 2.75) is 25.4 Å². The Kier molecular flexibility index (Phi) is 4.54. The maximum absolute atomic E-state index is 12.7. The largest absolute Gasteiger partial charge is 0.363 e. The van der Waals surface area contributed by atoms with Crippen LogP contribution in [0.15, 0.2) is 42.5 Å². The van der Waals surface area contributed by atoms with E-state index in [4.69, 9.17) is 4.74 Å². The van der Waals surface area contributed by atoms with Crippen molar-refractivity contribution >= 4 is 28.8 Å². The number of ether oxygens (including phenoxy) is 1. The second-order valence-corrected chi connectivity index (χ2v) is 8.28. The highest BCUT2D eigenvalue weighted by Crippen LogP contribution is 2.33. The van der Waals surface area contributed by atoms with Crippen molar-refractivity contribution in [2.24, 2.45) is 0 Å². The minimum atomic E-state index is -0.355. The summed E-state index contributed by atoms with van der Waals surface area (Å²) in [4.78, 5) is 30.6. The van der Waals surface area contributed by atoms with Gasteiger partial charge in [0.1, 0.15) is 6.61 Å². The molecule has 1 aromatic heterocycles. The molecule has 2 aliphatic rings. The maximum Gasteiger partial charge on any atom is 0.263 e. The molecule has 3 heterocycles. The molecule has 4 rings (SSSR count). The lowest BCUT2D eigenvalue weighted by Gasteiger charge is -2.46. The average molecular weight is 370 g/mol. The molecule has 2 aliphatic heterocycles. The van der Waals surface area contributed by atoms with Gasteiger partial charge in [-0.3, -0.25) is 9.59 Å². The maximum atomic E-state index is 12.7. The number of amides is 2. The second-order valence-electron chi connectivity index (χ2n) is 6.99. The summed E-state index contributed by atoms with van der Waals surface area (Å²) in [5.41, 5.74) is 0.555. The predicted molar refractivity (Wildman–Crippen MR) is 102 cm³/mol. The molecule has 136 valence electrons. The molecular formula is C20H22N2O3S. The smallest absolute Gasteiger partial charge is 0.263 e. The third-order valence-corrected chi connectivity index (χ3v) is 6.22. The first-order valence-electron chi connectivity index (χ1n) is 8.91. The van der Waals surface area contributed by atoms with Crippen molar-refractivity contribution in [2.75, 3.05) is 31.1 Å². The number of piperidine rings is 1. The van der Waals surface area contributed by atoms with Gasteiger partial charge in [0, 0.05) is 23.7 Å². The number of para-hydroxylation sites is 1. The third-order valence-electron chi connectivity index (χ3n) is 5.23. The van der Waals surface area contributed by atoms with E-state index in [2.05, 4.69) is 0 Å². The highest BCUT2D eigenvalue weighted by Gasteiger charge is 2.43. The summed E-state index contributed by atoms with van der Waals surface area (Å²) in [5, 5.41) is 0. The standard InChI is InChI=1S/C20H22N2O3S/c1-15-7-8-17(26-15)19(24)21-11-9-20(10-12-21)14-22(18(23)13-25-20)16-5-3-2-4-6-16/h2-8H,9-14H2,1H3. The lowest BCUT2D eigenvalue weighted by molar-refractivity contribution is -0.143. The Balaban J connectivity index is 1.44. The molecule has 26 heavy (non-hydrogen) atoms. The summed E-state index contributed by atoms with van der Waals surface area (Å²) < 4.78 is 5.98. The van der Waals surface area contributed by atoms with Crippen molar-refractivity contribution < 1.29 is 14.3 Å². The van der Waals surface area contributed by atoms with Gasteiger partial charge in [0.2, 0.25) is 0 Å². The zero-order chi connectivity index (χ0) is 18.1. The Morgan fingerprint density at radius 3 is 2.50 bits per heavy atom. The number of nitrogens with zero attached hydrogens (tertiary/aromatic N) is 2. The Hall–Kier alpha value is -2.18. The van der Waals surface area contributed by atoms with Gasteiger partial charge < -0.3 is 14.5 Å². The summed E-state index contributed by atoms with van der Waals surface area (Å²) >= 11 is 1.54. The number of likely N-dealkylation sites (tertiary alicyclic amines) is 1. The Morgan fingerprint density at radius 2 is 1.85 bits per heavy atom. The number of carbonyl (C=O) groups excluding carboxylic acids is 2. The van der Waals surface area contributed by atoms with Gasteiger partial charge in [0.15, 0.2) is 0 Å². The van der Waals surface area contributed by atoms with Gasteiger partial charge in [-0.05, 0) is 44.0 Å². The van der Waals surface area contributed by atoms with E-state index in [9.17, 15) is 9.59 Å². The first kappa shape index (κ1) is 17.2. The number of thiophene rings is 1. The zero-order valence-corrected chi connectivity index (χ0v) is 15.6. The molecule has 0 unspecified atom stereocenters. The lowest BCUT2D eigenvalue weighted by atomic mass is 9.89. The van der Waals surface area contributed by atoms with E-state index in [-0.39, 0.29) is 24.0 Å². The van der Waals surface area contributed by atoms with Crippen LogP contribution in [-0.4, -0.2) is 48.6 Å². The molecule has 0 saturated carbocycles. The molecule has 2 saturated heterocycles. The van der Waals surface area contributed by atoms with Crippen LogP contribution in [0.5, 0.6) is 0 Å². The van der Waals surface area contributed by atoms with E-state index in [1.807, 2.05) is 59.2 Å². The molecule has 2 aromatic rings. The Morgan fingerprint density at radius 1 is 1.12 bits per heavy atom. The zero-order valence-electron chi connectivity index (χ0n) is 14.8. The van der Waals surface area contributed by atoms with E-state index < -0.39 is 0 Å². The van der Waals surface area contributed by atoms with Crippen molar-refractivity contribution in [1.82, 2.24) is 4.90 Å². The van der Waals surface area contributed by atoms with Gasteiger partial charge in [-0.25, -0.2) is 0 Å². The Labute approximate surface area is 157 Å². The summed E-state index contributed by atoms with van der Waals surface area (Å²) in [6.45, 7) is 3.99. The fraction of sp³-hybridized carbons (Fsp3) is 0.400. The topological polar surface area (TPSA) is 49.9 Å². The highest BCUT2D eigenvalue weighted by molar-refractivity contribution is 7.13. The SMILES string of the molecule is Cc1ccc(C(=O)N2CCC3(CC2)CN(c2ccccc2)C(=O)CO3)s1. The van der Waals surface area contributed by atoms with Crippen LogP contribution >= 0.6 is 11.3 Å². The van der Waals surface area contributed by atoms with Crippen LogP contribution in [-0.2, 0) is 9.53 Å².